The molecule has 0 aliphatic rings. The van der Waals surface area contributed by atoms with E-state index in [1.165, 1.54) is 11.4 Å². The van der Waals surface area contributed by atoms with Gasteiger partial charge in [-0.3, -0.25) is 9.52 Å². The Hall–Kier alpha value is -2.35. The summed E-state index contributed by atoms with van der Waals surface area (Å²) in [5.41, 5.74) is 0.921. The normalized spacial score (nSPS) is 11.1. The standard InChI is InChI=1S/C17H13ClN2O3S2/c18-14-8-4-5-9-15(14)20-25(22,23)13-10-16(24-11-13)17(21)19-12-6-2-1-3-7-12/h1-11,20H,(H,19,21). The fourth-order valence-electron chi connectivity index (χ4n) is 2.04. The van der Waals surface area contributed by atoms with E-state index in [-0.39, 0.29) is 16.5 Å². The summed E-state index contributed by atoms with van der Waals surface area (Å²) in [5, 5.41) is 4.43. The number of carbonyl (C=O) groups excluding carboxylic acids is 1. The van der Waals surface area contributed by atoms with Gasteiger partial charge >= 0.3 is 0 Å². The van der Waals surface area contributed by atoms with Crippen LogP contribution in [0.1, 0.15) is 9.67 Å². The largest absolute Gasteiger partial charge is 0.321 e. The van der Waals surface area contributed by atoms with E-state index in [2.05, 4.69) is 10.0 Å². The molecule has 0 bridgehead atoms. The molecule has 1 heterocycles. The molecule has 0 spiro atoms. The van der Waals surface area contributed by atoms with Gasteiger partial charge in [-0.1, -0.05) is 41.9 Å². The fraction of sp³-hybridized carbons (Fsp3) is 0. The molecule has 0 aliphatic heterocycles. The van der Waals surface area contributed by atoms with Crippen LogP contribution in [-0.4, -0.2) is 14.3 Å². The lowest BCUT2D eigenvalue weighted by atomic mass is 10.3. The zero-order chi connectivity index (χ0) is 17.9. The maximum Gasteiger partial charge on any atom is 0.265 e. The van der Waals surface area contributed by atoms with Gasteiger partial charge in [-0.2, -0.15) is 0 Å². The minimum Gasteiger partial charge on any atom is -0.321 e. The summed E-state index contributed by atoms with van der Waals surface area (Å²) in [6.07, 6.45) is 0. The van der Waals surface area contributed by atoms with Crippen molar-refractivity contribution in [2.24, 2.45) is 0 Å². The van der Waals surface area contributed by atoms with Crippen LogP contribution in [0.3, 0.4) is 0 Å². The number of nitrogens with one attached hydrogen (secondary N) is 2. The van der Waals surface area contributed by atoms with Crippen molar-refractivity contribution < 1.29 is 13.2 Å². The first-order valence-corrected chi connectivity index (χ1v) is 9.92. The molecule has 25 heavy (non-hydrogen) atoms. The van der Waals surface area contributed by atoms with Crippen LogP contribution in [-0.2, 0) is 10.0 Å². The van der Waals surface area contributed by atoms with Crippen molar-refractivity contribution in [3.63, 3.8) is 0 Å². The predicted octanol–water partition coefficient (Wildman–Crippen LogP) is 4.45. The van der Waals surface area contributed by atoms with E-state index in [0.717, 1.165) is 11.3 Å². The van der Waals surface area contributed by atoms with Crippen LogP contribution >= 0.6 is 22.9 Å². The summed E-state index contributed by atoms with van der Waals surface area (Å²) in [6, 6.07) is 16.8. The lowest BCUT2D eigenvalue weighted by Crippen LogP contribution is -2.13. The second-order valence-electron chi connectivity index (χ2n) is 5.05. The van der Waals surface area contributed by atoms with Crippen LogP contribution in [0, 0.1) is 0 Å². The number of halogens is 1. The molecule has 8 heteroatoms. The third-order valence-corrected chi connectivity index (χ3v) is 6.01. The molecule has 0 radical (unpaired) electrons. The third-order valence-electron chi connectivity index (χ3n) is 3.26. The van der Waals surface area contributed by atoms with Gasteiger partial charge in [0.25, 0.3) is 15.9 Å². The van der Waals surface area contributed by atoms with Crippen molar-refractivity contribution in [2.75, 3.05) is 10.0 Å². The highest BCUT2D eigenvalue weighted by Crippen LogP contribution is 2.26. The first kappa shape index (κ1) is 17.5. The average molecular weight is 393 g/mol. The number of para-hydroxylation sites is 2. The van der Waals surface area contributed by atoms with E-state index < -0.39 is 10.0 Å². The van der Waals surface area contributed by atoms with Crippen LogP contribution in [0.2, 0.25) is 5.02 Å². The number of anilines is 2. The second-order valence-corrected chi connectivity index (χ2v) is 8.05. The molecule has 3 aromatic rings. The van der Waals surface area contributed by atoms with Crippen LogP contribution in [0.25, 0.3) is 0 Å². The molecule has 0 aliphatic carbocycles. The summed E-state index contributed by atoms with van der Waals surface area (Å²) < 4.78 is 27.3. The first-order chi connectivity index (χ1) is 12.0. The monoisotopic (exact) mass is 392 g/mol. The smallest absolute Gasteiger partial charge is 0.265 e. The molecule has 3 rings (SSSR count). The topological polar surface area (TPSA) is 75.3 Å². The lowest BCUT2D eigenvalue weighted by molar-refractivity contribution is 0.103. The average Bonchev–Trinajstić information content (AvgIpc) is 3.09. The summed E-state index contributed by atoms with van der Waals surface area (Å²) >= 11 is 7.03. The van der Waals surface area contributed by atoms with Gasteiger partial charge in [-0.05, 0) is 30.3 Å². The summed E-state index contributed by atoms with van der Waals surface area (Å²) in [4.78, 5) is 12.5. The third kappa shape index (κ3) is 4.19. The van der Waals surface area contributed by atoms with Gasteiger partial charge in [-0.15, -0.1) is 11.3 Å². The van der Waals surface area contributed by atoms with Crippen LogP contribution in [0.15, 0.2) is 70.9 Å². The molecule has 1 amide bonds. The maximum atomic E-state index is 12.5. The van der Waals surface area contributed by atoms with Crippen molar-refractivity contribution in [2.45, 2.75) is 4.90 Å². The Labute approximate surface area is 154 Å². The number of hydrogen-bond acceptors (Lipinski definition) is 4. The van der Waals surface area contributed by atoms with Crippen molar-refractivity contribution >= 4 is 50.2 Å². The van der Waals surface area contributed by atoms with E-state index in [1.54, 1.807) is 48.5 Å². The van der Waals surface area contributed by atoms with E-state index in [0.29, 0.717) is 15.6 Å². The summed E-state index contributed by atoms with van der Waals surface area (Å²) in [6.45, 7) is 0. The van der Waals surface area contributed by atoms with E-state index in [4.69, 9.17) is 11.6 Å². The number of amides is 1. The molecular formula is C17H13ClN2O3S2. The van der Waals surface area contributed by atoms with Crippen molar-refractivity contribution in [1.29, 1.82) is 0 Å². The van der Waals surface area contributed by atoms with Crippen molar-refractivity contribution in [1.82, 2.24) is 0 Å². The maximum absolute atomic E-state index is 12.5. The number of rotatable bonds is 5. The number of hydrogen-bond donors (Lipinski definition) is 2. The minimum atomic E-state index is -3.83. The molecule has 2 aromatic carbocycles. The summed E-state index contributed by atoms with van der Waals surface area (Å²) in [7, 11) is -3.83. The Morgan fingerprint density at radius 3 is 2.40 bits per heavy atom. The van der Waals surface area contributed by atoms with Gasteiger partial charge in [0.15, 0.2) is 0 Å². The van der Waals surface area contributed by atoms with Gasteiger partial charge in [0.1, 0.15) is 0 Å². The number of sulfonamides is 1. The van der Waals surface area contributed by atoms with Crippen molar-refractivity contribution in [3.05, 3.63) is 75.9 Å². The molecule has 128 valence electrons. The van der Waals surface area contributed by atoms with E-state index in [9.17, 15) is 13.2 Å². The Morgan fingerprint density at radius 2 is 1.68 bits per heavy atom. The first-order valence-electron chi connectivity index (χ1n) is 7.18. The predicted molar refractivity (Wildman–Crippen MR) is 101 cm³/mol. The summed E-state index contributed by atoms with van der Waals surface area (Å²) in [5.74, 6) is -0.365. The lowest BCUT2D eigenvalue weighted by Gasteiger charge is -2.07. The zero-order valence-corrected chi connectivity index (χ0v) is 15.2. The van der Waals surface area contributed by atoms with Crippen LogP contribution < -0.4 is 10.0 Å². The number of thiophene rings is 1. The van der Waals surface area contributed by atoms with Gasteiger partial charge in [0, 0.05) is 11.1 Å². The van der Waals surface area contributed by atoms with Crippen LogP contribution in [0.5, 0.6) is 0 Å². The quantitative estimate of drug-likeness (QED) is 0.673. The van der Waals surface area contributed by atoms with Crippen molar-refractivity contribution in [3.8, 4) is 0 Å². The van der Waals surface area contributed by atoms with E-state index in [1.807, 2.05) is 6.07 Å². The highest BCUT2D eigenvalue weighted by atomic mass is 35.5. The molecule has 2 N–H and O–H groups in total. The Bertz CT molecular complexity index is 1000. The second kappa shape index (κ2) is 7.26. The molecule has 0 fully saturated rings. The number of benzene rings is 2. The molecule has 1 aromatic heterocycles. The van der Waals surface area contributed by atoms with Gasteiger partial charge in [-0.25, -0.2) is 8.42 Å². The molecule has 0 saturated heterocycles. The zero-order valence-electron chi connectivity index (χ0n) is 12.8. The molecule has 5 nitrogen and oxygen atoms in total. The Morgan fingerprint density at radius 1 is 1.00 bits per heavy atom. The SMILES string of the molecule is O=C(Nc1ccccc1)c1cc(S(=O)(=O)Nc2ccccc2Cl)cs1. The molecule has 0 unspecified atom stereocenters. The van der Waals surface area contributed by atoms with E-state index >= 15 is 0 Å². The van der Waals surface area contributed by atoms with Crippen LogP contribution in [0.4, 0.5) is 11.4 Å². The fourth-order valence-corrected chi connectivity index (χ4v) is 4.53. The molecule has 0 atom stereocenters. The number of carbonyl (C=O) groups is 1. The van der Waals surface area contributed by atoms with Gasteiger partial charge in [0.2, 0.25) is 0 Å². The van der Waals surface area contributed by atoms with Gasteiger partial charge in [0.05, 0.1) is 20.5 Å². The van der Waals surface area contributed by atoms with Gasteiger partial charge < -0.3 is 5.32 Å². The minimum absolute atomic E-state index is 0.00984. The molecular weight excluding hydrogens is 380 g/mol. The highest BCUT2D eigenvalue weighted by Gasteiger charge is 2.20. The molecule has 0 saturated carbocycles. The Kier molecular flexibility index (Phi) is 5.08. The Balaban J connectivity index is 1.78. The highest BCUT2D eigenvalue weighted by molar-refractivity contribution is 7.92.